The largest absolute Gasteiger partial charge is 0.468 e. The lowest BCUT2D eigenvalue weighted by molar-refractivity contribution is -0.144. The molecule has 0 aromatic carbocycles. The number of rotatable bonds is 2. The molecule has 11 heavy (non-hydrogen) atoms. The number of carbonyl (C=O) groups excluding carboxylic acids is 1. The van der Waals surface area contributed by atoms with Crippen LogP contribution in [0.15, 0.2) is 0 Å². The first kappa shape index (κ1) is 9.60. The summed E-state index contributed by atoms with van der Waals surface area (Å²) in [5, 5.41) is 0. The van der Waals surface area contributed by atoms with E-state index in [9.17, 15) is 4.79 Å². The highest BCUT2D eigenvalue weighted by Crippen LogP contribution is 2.29. The molecule has 0 amide bonds. The molecule has 0 aromatic heterocycles. The lowest BCUT2D eigenvalue weighted by atomic mass is 10.2. The fourth-order valence-electron chi connectivity index (χ4n) is 1.19. The van der Waals surface area contributed by atoms with Crippen LogP contribution in [0.4, 0.5) is 0 Å². The predicted molar refractivity (Wildman–Crippen MR) is 53.4 cm³/mol. The molecule has 1 atom stereocenters. The Kier molecular flexibility index (Phi) is 3.94. The van der Waals surface area contributed by atoms with Crippen LogP contribution in [0.2, 0.25) is 0 Å². The van der Waals surface area contributed by atoms with Crippen molar-refractivity contribution in [3.8, 4) is 0 Å². The number of halogens is 1. The summed E-state index contributed by atoms with van der Waals surface area (Å²) in [6, 6.07) is -0.0121. The van der Waals surface area contributed by atoms with Crippen molar-refractivity contribution in [2.45, 2.75) is 18.9 Å². The molecule has 0 aliphatic carbocycles. The van der Waals surface area contributed by atoms with Gasteiger partial charge < -0.3 is 4.74 Å². The Morgan fingerprint density at radius 3 is 3.09 bits per heavy atom. The summed E-state index contributed by atoms with van der Waals surface area (Å²) in [5.74, 6) is -0.105. The minimum atomic E-state index is -0.105. The van der Waals surface area contributed by atoms with Gasteiger partial charge in [0, 0.05) is 27.8 Å². The van der Waals surface area contributed by atoms with Crippen molar-refractivity contribution in [1.82, 2.24) is 4.31 Å². The molecule has 0 spiro atoms. The summed E-state index contributed by atoms with van der Waals surface area (Å²) in [6.45, 7) is 0.993. The van der Waals surface area contributed by atoms with E-state index in [1.54, 1.807) is 9.12 Å². The third-order valence-corrected chi connectivity index (χ3v) is 3.90. The lowest BCUT2D eigenvalue weighted by Crippen LogP contribution is -2.31. The highest BCUT2D eigenvalue weighted by molar-refractivity contribution is 14.2. The number of nitrogens with zero attached hydrogens (tertiary/aromatic N) is 1. The molecule has 3 nitrogen and oxygen atoms in total. The van der Waals surface area contributed by atoms with Gasteiger partial charge in [-0.05, 0) is 22.0 Å². The molecule has 0 aromatic rings. The van der Waals surface area contributed by atoms with Gasteiger partial charge in [-0.15, -0.1) is 0 Å². The third-order valence-electron chi connectivity index (χ3n) is 1.77. The van der Waals surface area contributed by atoms with Crippen molar-refractivity contribution in [3.63, 3.8) is 0 Å². The van der Waals surface area contributed by atoms with E-state index in [0.717, 1.165) is 19.4 Å². The van der Waals surface area contributed by atoms with E-state index in [2.05, 4.69) is 30.2 Å². The van der Waals surface area contributed by atoms with E-state index in [0.29, 0.717) is 0 Å². The van der Waals surface area contributed by atoms with Crippen molar-refractivity contribution in [2.24, 2.45) is 0 Å². The lowest BCUT2D eigenvalue weighted by Gasteiger charge is -2.17. The number of esters is 1. The Bertz CT molecular complexity index is 156. The highest BCUT2D eigenvalue weighted by atomic mass is 127. The fraction of sp³-hybridized carbons (Fsp3) is 0.833. The minimum Gasteiger partial charge on any atom is -0.468 e. The molecule has 1 saturated heterocycles. The standard InChI is InChI=1S/C6H10INO2S/c1-10-6(9)5-3-2-4-8(5)11-7/h5H,2-4H2,1H3. The molecule has 64 valence electrons. The van der Waals surface area contributed by atoms with E-state index in [4.69, 9.17) is 0 Å². The molecular weight excluding hydrogens is 277 g/mol. The van der Waals surface area contributed by atoms with Crippen LogP contribution >= 0.6 is 30.3 Å². The number of carbonyl (C=O) groups is 1. The Labute approximate surface area is 82.6 Å². The van der Waals surface area contributed by atoms with Crippen LogP contribution in [0.3, 0.4) is 0 Å². The first-order valence-electron chi connectivity index (χ1n) is 3.42. The average molecular weight is 287 g/mol. The second kappa shape index (κ2) is 4.51. The average Bonchev–Trinajstić information content (AvgIpc) is 2.50. The molecule has 0 radical (unpaired) electrons. The topological polar surface area (TPSA) is 29.5 Å². The quantitative estimate of drug-likeness (QED) is 0.438. The van der Waals surface area contributed by atoms with E-state index < -0.39 is 0 Å². The fourth-order valence-corrected chi connectivity index (χ4v) is 3.09. The van der Waals surface area contributed by atoms with E-state index in [1.807, 2.05) is 0 Å². The maximum Gasteiger partial charge on any atom is 0.324 e. The van der Waals surface area contributed by atoms with Crippen molar-refractivity contribution < 1.29 is 9.53 Å². The monoisotopic (exact) mass is 287 g/mol. The van der Waals surface area contributed by atoms with E-state index in [1.165, 1.54) is 7.11 Å². The highest BCUT2D eigenvalue weighted by Gasteiger charge is 2.31. The molecule has 1 aliphatic heterocycles. The summed E-state index contributed by atoms with van der Waals surface area (Å²) >= 11 is 2.19. The molecule has 1 rings (SSSR count). The van der Waals surface area contributed by atoms with Crippen LogP contribution in [0.1, 0.15) is 12.8 Å². The summed E-state index contributed by atoms with van der Waals surface area (Å²) in [6.07, 6.45) is 2.03. The van der Waals surface area contributed by atoms with Gasteiger partial charge in [0.25, 0.3) is 0 Å². The van der Waals surface area contributed by atoms with Gasteiger partial charge in [0.2, 0.25) is 0 Å². The molecule has 1 fully saturated rings. The molecule has 5 heteroatoms. The second-order valence-electron chi connectivity index (χ2n) is 2.39. The van der Waals surface area contributed by atoms with Gasteiger partial charge in [0.05, 0.1) is 7.11 Å². The molecule has 1 unspecified atom stereocenters. The minimum absolute atomic E-state index is 0.0121. The zero-order valence-corrected chi connectivity index (χ0v) is 9.22. The van der Waals surface area contributed by atoms with E-state index in [-0.39, 0.29) is 12.0 Å². The third kappa shape index (κ3) is 2.22. The van der Waals surface area contributed by atoms with Gasteiger partial charge in [-0.2, -0.15) is 0 Å². The molecule has 1 aliphatic rings. The number of ether oxygens (including phenoxy) is 1. The van der Waals surface area contributed by atoms with Gasteiger partial charge in [-0.3, -0.25) is 4.79 Å². The van der Waals surface area contributed by atoms with Gasteiger partial charge >= 0.3 is 5.97 Å². The van der Waals surface area contributed by atoms with Crippen molar-refractivity contribution in [2.75, 3.05) is 13.7 Å². The first-order chi connectivity index (χ1) is 5.29. The van der Waals surface area contributed by atoms with Crippen molar-refractivity contribution in [1.29, 1.82) is 0 Å². The van der Waals surface area contributed by atoms with Gasteiger partial charge in [-0.1, -0.05) is 0 Å². The molecule has 0 saturated carbocycles. The van der Waals surface area contributed by atoms with Crippen LogP contribution < -0.4 is 0 Å². The van der Waals surface area contributed by atoms with Crippen LogP contribution in [0.5, 0.6) is 0 Å². The van der Waals surface area contributed by atoms with E-state index >= 15 is 0 Å². The molecular formula is C6H10INO2S. The Morgan fingerprint density at radius 2 is 2.55 bits per heavy atom. The zero-order chi connectivity index (χ0) is 8.27. The van der Waals surface area contributed by atoms with Gasteiger partial charge in [-0.25, -0.2) is 4.31 Å². The maximum atomic E-state index is 11.1. The summed E-state index contributed by atoms with van der Waals surface area (Å²) < 4.78 is 6.73. The number of hydrogen-bond donors (Lipinski definition) is 0. The SMILES string of the molecule is COC(=O)C1CCCN1SI. The van der Waals surface area contributed by atoms with Crippen molar-refractivity contribution >= 4 is 36.3 Å². The Hall–Kier alpha value is 0.510. The van der Waals surface area contributed by atoms with Gasteiger partial charge in [0.1, 0.15) is 6.04 Å². The van der Waals surface area contributed by atoms with Crippen LogP contribution in [-0.4, -0.2) is 30.0 Å². The van der Waals surface area contributed by atoms with Crippen LogP contribution in [0, 0.1) is 0 Å². The first-order valence-corrected chi connectivity index (χ1v) is 6.74. The van der Waals surface area contributed by atoms with Crippen LogP contribution in [-0.2, 0) is 9.53 Å². The number of hydrogen-bond acceptors (Lipinski definition) is 4. The Morgan fingerprint density at radius 1 is 1.82 bits per heavy atom. The smallest absolute Gasteiger partial charge is 0.324 e. The van der Waals surface area contributed by atoms with Gasteiger partial charge in [0.15, 0.2) is 0 Å². The summed E-state index contributed by atoms with van der Waals surface area (Å²) in [5.41, 5.74) is 0. The number of methoxy groups -OCH3 is 1. The predicted octanol–water partition coefficient (Wildman–Crippen LogP) is 1.62. The summed E-state index contributed by atoms with van der Waals surface area (Å²) in [7, 11) is 3.03. The molecule has 0 bridgehead atoms. The van der Waals surface area contributed by atoms with Crippen LogP contribution in [0.25, 0.3) is 0 Å². The summed E-state index contributed by atoms with van der Waals surface area (Å²) in [4.78, 5) is 11.1. The zero-order valence-electron chi connectivity index (χ0n) is 6.25. The van der Waals surface area contributed by atoms with Crippen molar-refractivity contribution in [3.05, 3.63) is 0 Å². The normalized spacial score (nSPS) is 25.5. The molecule has 1 heterocycles. The Balaban J connectivity index is 2.49. The maximum absolute atomic E-state index is 11.1. The molecule has 0 N–H and O–H groups in total. The second-order valence-corrected chi connectivity index (χ2v) is 4.18.